The first-order valence-corrected chi connectivity index (χ1v) is 8.60. The van der Waals surface area contributed by atoms with Crippen molar-refractivity contribution in [3.8, 4) is 0 Å². The number of carboxylic acids is 1. The lowest BCUT2D eigenvalue weighted by Crippen LogP contribution is -2.07. The Morgan fingerprint density at radius 3 is 2.65 bits per heavy atom. The van der Waals surface area contributed by atoms with Gasteiger partial charge >= 0.3 is 5.97 Å². The summed E-state index contributed by atoms with van der Waals surface area (Å²) in [5, 5.41) is 8.57. The van der Waals surface area contributed by atoms with E-state index >= 15 is 0 Å². The topological polar surface area (TPSA) is 54.4 Å². The van der Waals surface area contributed by atoms with Crippen LogP contribution in [0, 0.1) is 5.92 Å². The van der Waals surface area contributed by atoms with Crippen LogP contribution in [0.3, 0.4) is 0 Å². The van der Waals surface area contributed by atoms with E-state index in [2.05, 4.69) is 19.1 Å². The van der Waals surface area contributed by atoms with Gasteiger partial charge in [0.25, 0.3) is 0 Å². The van der Waals surface area contributed by atoms with E-state index in [1.165, 1.54) is 19.3 Å². The van der Waals surface area contributed by atoms with E-state index in [1.54, 1.807) is 6.08 Å². The molecule has 0 saturated heterocycles. The minimum Gasteiger partial charge on any atom is -0.481 e. The highest BCUT2D eigenvalue weighted by atomic mass is 16.4. The molecule has 0 aromatic rings. The number of hydrogen-bond acceptors (Lipinski definition) is 2. The highest BCUT2D eigenvalue weighted by molar-refractivity contribution is 5.98. The highest BCUT2D eigenvalue weighted by Crippen LogP contribution is 2.25. The molecule has 0 heterocycles. The van der Waals surface area contributed by atoms with Gasteiger partial charge in [-0.05, 0) is 43.8 Å². The quantitative estimate of drug-likeness (QED) is 0.431. The third kappa shape index (κ3) is 8.34. The zero-order chi connectivity index (χ0) is 16.9. The zero-order valence-electron chi connectivity index (χ0n) is 14.0. The molecule has 0 bridgehead atoms. The van der Waals surface area contributed by atoms with Gasteiger partial charge in [-0.1, -0.05) is 56.2 Å². The van der Waals surface area contributed by atoms with Crippen molar-refractivity contribution in [3.05, 3.63) is 48.1 Å². The summed E-state index contributed by atoms with van der Waals surface area (Å²) >= 11 is 0. The van der Waals surface area contributed by atoms with Crippen molar-refractivity contribution in [1.82, 2.24) is 0 Å². The van der Waals surface area contributed by atoms with Gasteiger partial charge in [0, 0.05) is 6.42 Å². The summed E-state index contributed by atoms with van der Waals surface area (Å²) in [6.45, 7) is 2.19. The lowest BCUT2D eigenvalue weighted by molar-refractivity contribution is -0.137. The van der Waals surface area contributed by atoms with Gasteiger partial charge < -0.3 is 5.11 Å². The average molecular weight is 316 g/mol. The monoisotopic (exact) mass is 316 g/mol. The maximum Gasteiger partial charge on any atom is 0.303 e. The second kappa shape index (κ2) is 11.6. The molecule has 23 heavy (non-hydrogen) atoms. The number of carbonyl (C=O) groups is 2. The average Bonchev–Trinajstić information content (AvgIpc) is 2.86. The summed E-state index contributed by atoms with van der Waals surface area (Å²) in [4.78, 5) is 22.3. The van der Waals surface area contributed by atoms with Gasteiger partial charge in [0.1, 0.15) is 0 Å². The second-order valence-electron chi connectivity index (χ2n) is 5.87. The largest absolute Gasteiger partial charge is 0.481 e. The molecule has 1 atom stereocenters. The summed E-state index contributed by atoms with van der Waals surface area (Å²) in [6, 6.07) is 0. The Hall–Kier alpha value is -1.90. The lowest BCUT2D eigenvalue weighted by Gasteiger charge is -2.07. The number of allylic oxidation sites excluding steroid dienone is 8. The summed E-state index contributed by atoms with van der Waals surface area (Å²) in [7, 11) is 0. The number of unbranched alkanes of at least 4 members (excludes halogenated alkanes) is 4. The Kier molecular flexibility index (Phi) is 9.69. The molecule has 0 radical (unpaired) electrons. The van der Waals surface area contributed by atoms with Gasteiger partial charge in [-0.15, -0.1) is 0 Å². The second-order valence-corrected chi connectivity index (χ2v) is 5.87. The fourth-order valence-electron chi connectivity index (χ4n) is 2.51. The maximum atomic E-state index is 11.9. The molecule has 126 valence electrons. The van der Waals surface area contributed by atoms with Crippen LogP contribution in [-0.2, 0) is 9.59 Å². The molecule has 1 N–H and O–H groups in total. The lowest BCUT2D eigenvalue weighted by atomic mass is 9.96. The van der Waals surface area contributed by atoms with Gasteiger partial charge in [-0.2, -0.15) is 0 Å². The number of rotatable bonds is 11. The summed E-state index contributed by atoms with van der Waals surface area (Å²) in [6.07, 6.45) is 20.9. The molecule has 3 nitrogen and oxygen atoms in total. The number of carbonyl (C=O) groups excluding carboxylic acids is 1. The number of carboxylic acid groups (broad SMARTS) is 1. The molecule has 0 fully saturated rings. The number of aliphatic carboxylic acids is 1. The Bertz CT molecular complexity index is 495. The van der Waals surface area contributed by atoms with E-state index in [9.17, 15) is 9.59 Å². The molecule has 1 aliphatic rings. The van der Waals surface area contributed by atoms with Gasteiger partial charge in [0.05, 0.1) is 5.92 Å². The first-order chi connectivity index (χ1) is 11.1. The normalized spacial score (nSPS) is 19.6. The van der Waals surface area contributed by atoms with Gasteiger partial charge in [-0.25, -0.2) is 0 Å². The molecule has 3 heteroatoms. The summed E-state index contributed by atoms with van der Waals surface area (Å²) in [5.74, 6) is -0.679. The first kappa shape index (κ1) is 19.1. The fraction of sp³-hybridized carbons (Fsp3) is 0.500. The Balaban J connectivity index is 2.38. The van der Waals surface area contributed by atoms with E-state index in [0.29, 0.717) is 12.8 Å². The number of hydrogen-bond donors (Lipinski definition) is 1. The van der Waals surface area contributed by atoms with Crippen molar-refractivity contribution in [3.63, 3.8) is 0 Å². The smallest absolute Gasteiger partial charge is 0.303 e. The van der Waals surface area contributed by atoms with E-state index in [4.69, 9.17) is 5.11 Å². The van der Waals surface area contributed by atoms with Crippen LogP contribution in [-0.4, -0.2) is 16.9 Å². The minimum atomic E-state index is -0.760. The van der Waals surface area contributed by atoms with Crippen molar-refractivity contribution in [2.45, 2.75) is 58.3 Å². The fourth-order valence-corrected chi connectivity index (χ4v) is 2.51. The Morgan fingerprint density at radius 1 is 1.13 bits per heavy atom. The van der Waals surface area contributed by atoms with Crippen molar-refractivity contribution in [2.24, 2.45) is 5.92 Å². The highest BCUT2D eigenvalue weighted by Gasteiger charge is 2.22. The van der Waals surface area contributed by atoms with Crippen LogP contribution in [0.15, 0.2) is 48.1 Å². The molecule has 1 aliphatic carbocycles. The van der Waals surface area contributed by atoms with Crippen LogP contribution < -0.4 is 0 Å². The van der Waals surface area contributed by atoms with Gasteiger partial charge in [0.15, 0.2) is 5.78 Å². The van der Waals surface area contributed by atoms with Crippen LogP contribution in [0.5, 0.6) is 0 Å². The first-order valence-electron chi connectivity index (χ1n) is 8.60. The molecular weight excluding hydrogens is 288 g/mol. The van der Waals surface area contributed by atoms with Crippen LogP contribution in [0.2, 0.25) is 0 Å². The van der Waals surface area contributed by atoms with E-state index in [-0.39, 0.29) is 18.1 Å². The molecule has 1 unspecified atom stereocenters. The molecule has 0 amide bonds. The van der Waals surface area contributed by atoms with E-state index < -0.39 is 5.97 Å². The summed E-state index contributed by atoms with van der Waals surface area (Å²) < 4.78 is 0. The SMILES string of the molecule is CCCCC/C=C/C=C1\C=CC(=O)C1C/C=C/CCCC(=O)O. The van der Waals surface area contributed by atoms with Gasteiger partial charge in [0.2, 0.25) is 0 Å². The van der Waals surface area contributed by atoms with E-state index in [0.717, 1.165) is 18.4 Å². The van der Waals surface area contributed by atoms with Crippen molar-refractivity contribution in [2.75, 3.05) is 0 Å². The predicted molar refractivity (Wildman–Crippen MR) is 94.2 cm³/mol. The standard InChI is InChI=1S/C20H28O3/c1-2-3-4-5-6-9-12-17-15-16-19(21)18(17)13-10-7-8-11-14-20(22)23/h6-7,9-10,12,15-16,18H,2-5,8,11,13-14H2,1H3,(H,22,23)/b9-6+,10-7+,17-12+. The molecule has 0 spiro atoms. The van der Waals surface area contributed by atoms with Crippen molar-refractivity contribution >= 4 is 11.8 Å². The van der Waals surface area contributed by atoms with Crippen LogP contribution in [0.1, 0.15) is 58.3 Å². The molecule has 0 aliphatic heterocycles. The van der Waals surface area contributed by atoms with Crippen LogP contribution in [0.4, 0.5) is 0 Å². The third-order valence-electron chi connectivity index (χ3n) is 3.88. The molecule has 0 aromatic carbocycles. The minimum absolute atomic E-state index is 0.0778. The molecule has 0 aromatic heterocycles. The van der Waals surface area contributed by atoms with Crippen molar-refractivity contribution < 1.29 is 14.7 Å². The Labute approximate surface area is 139 Å². The summed E-state index contributed by atoms with van der Waals surface area (Å²) in [5.41, 5.74) is 1.07. The van der Waals surface area contributed by atoms with E-state index in [1.807, 2.05) is 24.3 Å². The molecular formula is C20H28O3. The third-order valence-corrected chi connectivity index (χ3v) is 3.88. The Morgan fingerprint density at radius 2 is 1.91 bits per heavy atom. The molecule has 0 saturated carbocycles. The predicted octanol–water partition coefficient (Wildman–Crippen LogP) is 5.01. The maximum absolute atomic E-state index is 11.9. The zero-order valence-corrected chi connectivity index (χ0v) is 14.0. The molecule has 1 rings (SSSR count). The van der Waals surface area contributed by atoms with Crippen LogP contribution in [0.25, 0.3) is 0 Å². The number of ketones is 1. The van der Waals surface area contributed by atoms with Gasteiger partial charge in [-0.3, -0.25) is 9.59 Å². The van der Waals surface area contributed by atoms with Crippen molar-refractivity contribution in [1.29, 1.82) is 0 Å². The van der Waals surface area contributed by atoms with Crippen LogP contribution >= 0.6 is 0 Å².